The molecule has 2 rings (SSSR count). The van der Waals surface area contributed by atoms with Gasteiger partial charge in [0.1, 0.15) is 0 Å². The van der Waals surface area contributed by atoms with E-state index in [-0.39, 0.29) is 36.8 Å². The summed E-state index contributed by atoms with van der Waals surface area (Å²) in [4.78, 5) is 14.4. The Labute approximate surface area is 162 Å². The fourth-order valence-corrected chi connectivity index (χ4v) is 2.56. The zero-order chi connectivity index (χ0) is 16.8. The SMILES string of the molecule is CCc1ccc(C(CNC(=O)c2ccccc2N)N(C)C)cc1.Cl.Cl. The lowest BCUT2D eigenvalue weighted by molar-refractivity contribution is 0.0943. The zero-order valence-electron chi connectivity index (χ0n) is 14.9. The number of aryl methyl sites for hydroxylation is 1. The average Bonchev–Trinajstić information content (AvgIpc) is 2.55. The Balaban J connectivity index is 0.00000288. The Hall–Kier alpha value is -1.75. The molecule has 0 spiro atoms. The Morgan fingerprint density at radius 1 is 1.08 bits per heavy atom. The number of hydrogen-bond acceptors (Lipinski definition) is 3. The van der Waals surface area contributed by atoms with E-state index >= 15 is 0 Å². The number of halogens is 2. The van der Waals surface area contributed by atoms with Crippen LogP contribution in [-0.4, -0.2) is 31.4 Å². The highest BCUT2D eigenvalue weighted by Gasteiger charge is 2.16. The number of nitrogens with two attached hydrogens (primary N) is 1. The number of nitrogens with one attached hydrogen (secondary N) is 1. The van der Waals surface area contributed by atoms with Crippen LogP contribution < -0.4 is 11.1 Å². The topological polar surface area (TPSA) is 58.4 Å². The number of hydrogen-bond donors (Lipinski definition) is 2. The second kappa shape index (κ2) is 11.0. The van der Waals surface area contributed by atoms with E-state index in [0.29, 0.717) is 17.8 Å². The van der Waals surface area contributed by atoms with Crippen LogP contribution in [-0.2, 0) is 6.42 Å². The van der Waals surface area contributed by atoms with E-state index in [4.69, 9.17) is 5.73 Å². The maximum absolute atomic E-state index is 12.3. The molecule has 0 aromatic heterocycles. The van der Waals surface area contributed by atoms with E-state index in [0.717, 1.165) is 6.42 Å². The van der Waals surface area contributed by atoms with Gasteiger partial charge in [-0.1, -0.05) is 43.3 Å². The number of amides is 1. The molecule has 0 heterocycles. The van der Waals surface area contributed by atoms with Crippen LogP contribution >= 0.6 is 24.8 Å². The van der Waals surface area contributed by atoms with Crippen molar-refractivity contribution in [2.24, 2.45) is 0 Å². The first-order valence-electron chi connectivity index (χ1n) is 7.91. The molecule has 25 heavy (non-hydrogen) atoms. The van der Waals surface area contributed by atoms with Gasteiger partial charge in [-0.25, -0.2) is 0 Å². The molecule has 0 aliphatic carbocycles. The van der Waals surface area contributed by atoms with Crippen molar-refractivity contribution >= 4 is 36.4 Å². The number of nitrogen functional groups attached to an aromatic ring is 1. The van der Waals surface area contributed by atoms with Gasteiger partial charge in [0.2, 0.25) is 0 Å². The van der Waals surface area contributed by atoms with Crippen LogP contribution in [0.25, 0.3) is 0 Å². The van der Waals surface area contributed by atoms with Crippen molar-refractivity contribution in [3.05, 3.63) is 65.2 Å². The van der Waals surface area contributed by atoms with E-state index in [1.54, 1.807) is 12.1 Å². The van der Waals surface area contributed by atoms with E-state index in [9.17, 15) is 4.79 Å². The number of rotatable bonds is 6. The molecule has 1 atom stereocenters. The van der Waals surface area contributed by atoms with E-state index < -0.39 is 0 Å². The Morgan fingerprint density at radius 2 is 1.68 bits per heavy atom. The minimum atomic E-state index is -0.139. The second-order valence-corrected chi connectivity index (χ2v) is 5.87. The molecule has 0 saturated heterocycles. The number of likely N-dealkylation sites (N-methyl/N-ethyl adjacent to an activating group) is 1. The third-order valence-electron chi connectivity index (χ3n) is 4.06. The van der Waals surface area contributed by atoms with Crippen LogP contribution in [0.3, 0.4) is 0 Å². The predicted octanol–water partition coefficient (Wildman–Crippen LogP) is 3.71. The molecule has 6 heteroatoms. The lowest BCUT2D eigenvalue weighted by atomic mass is 10.0. The van der Waals surface area contributed by atoms with Crippen molar-refractivity contribution in [2.45, 2.75) is 19.4 Å². The molecule has 1 amide bonds. The highest BCUT2D eigenvalue weighted by molar-refractivity contribution is 5.99. The Kier molecular flexibility index (Phi) is 10.2. The van der Waals surface area contributed by atoms with Crippen molar-refractivity contribution in [1.29, 1.82) is 0 Å². The maximum Gasteiger partial charge on any atom is 0.253 e. The molecule has 138 valence electrons. The summed E-state index contributed by atoms with van der Waals surface area (Å²) in [6.45, 7) is 2.68. The average molecular weight is 384 g/mol. The third-order valence-corrected chi connectivity index (χ3v) is 4.06. The fourth-order valence-electron chi connectivity index (χ4n) is 2.56. The standard InChI is InChI=1S/C19H25N3O.2ClH/c1-4-14-9-11-15(12-10-14)18(22(2)3)13-21-19(23)16-7-5-6-8-17(16)20;;/h5-12,18H,4,13,20H2,1-3H3,(H,21,23);2*1H. The largest absolute Gasteiger partial charge is 0.398 e. The summed E-state index contributed by atoms with van der Waals surface area (Å²) >= 11 is 0. The van der Waals surface area contributed by atoms with Crippen LogP contribution in [0, 0.1) is 0 Å². The van der Waals surface area contributed by atoms with E-state index in [2.05, 4.69) is 41.4 Å². The number of para-hydroxylation sites is 1. The molecule has 0 radical (unpaired) electrons. The molecule has 0 bridgehead atoms. The van der Waals surface area contributed by atoms with Crippen molar-refractivity contribution in [3.8, 4) is 0 Å². The molecule has 0 aliphatic rings. The normalized spacial score (nSPS) is 11.2. The van der Waals surface area contributed by atoms with Gasteiger partial charge in [0.25, 0.3) is 5.91 Å². The summed E-state index contributed by atoms with van der Waals surface area (Å²) in [6.07, 6.45) is 1.02. The van der Waals surface area contributed by atoms with Gasteiger partial charge in [-0.3, -0.25) is 4.79 Å². The zero-order valence-corrected chi connectivity index (χ0v) is 16.5. The van der Waals surface area contributed by atoms with Gasteiger partial charge in [-0.2, -0.15) is 0 Å². The van der Waals surface area contributed by atoms with Crippen LogP contribution in [0.4, 0.5) is 5.69 Å². The number of anilines is 1. The van der Waals surface area contributed by atoms with Crippen molar-refractivity contribution in [2.75, 3.05) is 26.4 Å². The van der Waals surface area contributed by atoms with Gasteiger partial charge < -0.3 is 16.0 Å². The first-order chi connectivity index (χ1) is 11.0. The van der Waals surface area contributed by atoms with Gasteiger partial charge in [-0.05, 0) is 43.8 Å². The van der Waals surface area contributed by atoms with Crippen molar-refractivity contribution in [3.63, 3.8) is 0 Å². The minimum Gasteiger partial charge on any atom is -0.398 e. The Morgan fingerprint density at radius 3 is 2.20 bits per heavy atom. The first-order valence-corrected chi connectivity index (χ1v) is 7.91. The van der Waals surface area contributed by atoms with Gasteiger partial charge in [0.15, 0.2) is 0 Å². The fraction of sp³-hybridized carbons (Fsp3) is 0.316. The summed E-state index contributed by atoms with van der Waals surface area (Å²) in [5.74, 6) is -0.139. The summed E-state index contributed by atoms with van der Waals surface area (Å²) in [5.41, 5.74) is 9.38. The Bertz CT molecular complexity index is 660. The number of carbonyl (C=O) groups excluding carboxylic acids is 1. The van der Waals surface area contributed by atoms with Gasteiger partial charge in [0, 0.05) is 12.2 Å². The summed E-state index contributed by atoms with van der Waals surface area (Å²) < 4.78 is 0. The predicted molar refractivity (Wildman–Crippen MR) is 110 cm³/mol. The maximum atomic E-state index is 12.3. The third kappa shape index (κ3) is 6.24. The molecule has 2 aromatic rings. The lowest BCUT2D eigenvalue weighted by Crippen LogP contribution is -2.34. The second-order valence-electron chi connectivity index (χ2n) is 5.87. The minimum absolute atomic E-state index is 0. The van der Waals surface area contributed by atoms with Gasteiger partial charge in [0.05, 0.1) is 11.6 Å². The van der Waals surface area contributed by atoms with Crippen molar-refractivity contribution in [1.82, 2.24) is 10.2 Å². The summed E-state index contributed by atoms with van der Waals surface area (Å²) in [6, 6.07) is 15.8. The molecule has 2 aromatic carbocycles. The highest BCUT2D eigenvalue weighted by atomic mass is 35.5. The van der Waals surface area contributed by atoms with E-state index in [1.807, 2.05) is 26.2 Å². The summed E-state index contributed by atoms with van der Waals surface area (Å²) in [5, 5.41) is 2.99. The van der Waals surface area contributed by atoms with Crippen LogP contribution in [0.5, 0.6) is 0 Å². The van der Waals surface area contributed by atoms with Crippen LogP contribution in [0.2, 0.25) is 0 Å². The molecule has 3 N–H and O–H groups in total. The molecular weight excluding hydrogens is 357 g/mol. The quantitative estimate of drug-likeness (QED) is 0.747. The molecule has 0 fully saturated rings. The van der Waals surface area contributed by atoms with Gasteiger partial charge in [-0.15, -0.1) is 24.8 Å². The molecule has 0 aliphatic heterocycles. The first kappa shape index (κ1) is 23.2. The van der Waals surface area contributed by atoms with E-state index in [1.165, 1.54) is 11.1 Å². The van der Waals surface area contributed by atoms with Crippen LogP contribution in [0.15, 0.2) is 48.5 Å². The van der Waals surface area contributed by atoms with Gasteiger partial charge >= 0.3 is 0 Å². The number of nitrogens with zero attached hydrogens (tertiary/aromatic N) is 1. The monoisotopic (exact) mass is 383 g/mol. The number of benzene rings is 2. The molecule has 0 saturated carbocycles. The highest BCUT2D eigenvalue weighted by Crippen LogP contribution is 2.19. The van der Waals surface area contributed by atoms with Crippen molar-refractivity contribution < 1.29 is 4.79 Å². The number of carbonyl (C=O) groups is 1. The van der Waals surface area contributed by atoms with Crippen LogP contribution in [0.1, 0.15) is 34.5 Å². The lowest BCUT2D eigenvalue weighted by Gasteiger charge is -2.25. The summed E-state index contributed by atoms with van der Waals surface area (Å²) in [7, 11) is 4.03. The smallest absolute Gasteiger partial charge is 0.253 e. The molecule has 4 nitrogen and oxygen atoms in total. The molecule has 1 unspecified atom stereocenters. The molecular formula is C19H27Cl2N3O.